The summed E-state index contributed by atoms with van der Waals surface area (Å²) in [5, 5.41) is 2.90. The molecule has 0 aliphatic carbocycles. The van der Waals surface area contributed by atoms with Gasteiger partial charge in [-0.25, -0.2) is 4.98 Å². The van der Waals surface area contributed by atoms with Gasteiger partial charge < -0.3 is 9.88 Å². The van der Waals surface area contributed by atoms with Crippen LogP contribution in [0.2, 0.25) is 0 Å². The molecule has 5 heteroatoms. The molecule has 5 nitrogen and oxygen atoms in total. The second kappa shape index (κ2) is 9.22. The highest BCUT2D eigenvalue weighted by Gasteiger charge is 2.23. The highest BCUT2D eigenvalue weighted by atomic mass is 16.2. The molecular weight excluding hydrogens is 386 g/mol. The smallest absolute Gasteiger partial charge is 0.251 e. The van der Waals surface area contributed by atoms with Crippen molar-refractivity contribution in [3.63, 3.8) is 0 Å². The second-order valence-electron chi connectivity index (χ2n) is 7.46. The van der Waals surface area contributed by atoms with Crippen molar-refractivity contribution in [2.24, 2.45) is 0 Å². The van der Waals surface area contributed by atoms with E-state index in [2.05, 4.69) is 29.4 Å². The highest BCUT2D eigenvalue weighted by Crippen LogP contribution is 2.21. The van der Waals surface area contributed by atoms with E-state index in [0.29, 0.717) is 17.7 Å². The average Bonchev–Trinajstić information content (AvgIpc) is 3.32. The molecule has 0 bridgehead atoms. The van der Waals surface area contributed by atoms with Crippen LogP contribution in [0.3, 0.4) is 0 Å². The van der Waals surface area contributed by atoms with E-state index >= 15 is 0 Å². The molecular formula is C26H23N3O2. The molecule has 0 aliphatic heterocycles. The molecule has 31 heavy (non-hydrogen) atoms. The number of benzene rings is 3. The van der Waals surface area contributed by atoms with Gasteiger partial charge in [-0.1, -0.05) is 72.3 Å². The third kappa shape index (κ3) is 4.95. The zero-order valence-corrected chi connectivity index (χ0v) is 17.2. The molecule has 1 atom stereocenters. The van der Waals surface area contributed by atoms with Gasteiger partial charge in [0.1, 0.15) is 6.04 Å². The Morgan fingerprint density at radius 2 is 1.68 bits per heavy atom. The van der Waals surface area contributed by atoms with Gasteiger partial charge in [0.15, 0.2) is 5.78 Å². The van der Waals surface area contributed by atoms with Crippen molar-refractivity contribution in [3.8, 4) is 11.1 Å². The molecule has 3 aromatic carbocycles. The number of hydrogen-bond donors (Lipinski definition) is 1. The van der Waals surface area contributed by atoms with Gasteiger partial charge >= 0.3 is 0 Å². The van der Waals surface area contributed by atoms with Crippen LogP contribution in [-0.2, 0) is 6.54 Å². The fourth-order valence-corrected chi connectivity index (χ4v) is 3.48. The molecule has 154 valence electrons. The standard InChI is InChI=1S/C26H23N3O2/c1-19-6-5-9-23(16-19)20-10-12-22(13-11-20)26(31)28-24(17-29-15-14-27-18-29)25(30)21-7-3-2-4-8-21/h2-16,18,24H,17H2,1H3,(H,28,31). The number of carbonyl (C=O) groups excluding carboxylic acids is 2. The van der Waals surface area contributed by atoms with Gasteiger partial charge in [0.25, 0.3) is 5.91 Å². The van der Waals surface area contributed by atoms with Gasteiger partial charge in [-0.05, 0) is 30.2 Å². The predicted octanol–water partition coefficient (Wildman–Crippen LogP) is 4.54. The Balaban J connectivity index is 1.53. The topological polar surface area (TPSA) is 64.0 Å². The lowest BCUT2D eigenvalue weighted by Crippen LogP contribution is -2.43. The summed E-state index contributed by atoms with van der Waals surface area (Å²) >= 11 is 0. The van der Waals surface area contributed by atoms with Crippen LogP contribution in [0.5, 0.6) is 0 Å². The molecule has 1 unspecified atom stereocenters. The fraction of sp³-hybridized carbons (Fsp3) is 0.115. The Kier molecular flexibility index (Phi) is 6.03. The first-order valence-electron chi connectivity index (χ1n) is 10.1. The molecule has 1 aromatic heterocycles. The van der Waals surface area contributed by atoms with Crippen LogP contribution in [0.15, 0.2) is 97.6 Å². The quantitative estimate of drug-likeness (QED) is 0.456. The minimum atomic E-state index is -0.708. The summed E-state index contributed by atoms with van der Waals surface area (Å²) < 4.78 is 1.78. The summed E-state index contributed by atoms with van der Waals surface area (Å²) in [5.74, 6) is -0.427. The summed E-state index contributed by atoms with van der Waals surface area (Å²) in [7, 11) is 0. The lowest BCUT2D eigenvalue weighted by Gasteiger charge is -2.18. The third-order valence-corrected chi connectivity index (χ3v) is 5.13. The van der Waals surface area contributed by atoms with Crippen molar-refractivity contribution in [1.29, 1.82) is 0 Å². The highest BCUT2D eigenvalue weighted by molar-refractivity contribution is 6.04. The molecule has 0 radical (unpaired) electrons. The van der Waals surface area contributed by atoms with Gasteiger partial charge in [0.2, 0.25) is 0 Å². The molecule has 1 amide bonds. The summed E-state index contributed by atoms with van der Waals surface area (Å²) in [4.78, 5) is 30.0. The van der Waals surface area contributed by atoms with Crippen LogP contribution in [0, 0.1) is 6.92 Å². The molecule has 4 aromatic rings. The van der Waals surface area contributed by atoms with Crippen molar-refractivity contribution in [1.82, 2.24) is 14.9 Å². The third-order valence-electron chi connectivity index (χ3n) is 5.13. The Bertz CT molecular complexity index is 1170. The monoisotopic (exact) mass is 409 g/mol. The minimum absolute atomic E-state index is 0.140. The number of hydrogen-bond acceptors (Lipinski definition) is 3. The molecule has 0 saturated carbocycles. The predicted molar refractivity (Wildman–Crippen MR) is 121 cm³/mol. The first kappa shape index (κ1) is 20.3. The number of Topliss-reactive ketones (excluding diaryl/α,β-unsaturated/α-hetero) is 1. The summed E-state index contributed by atoms with van der Waals surface area (Å²) in [6, 6.07) is 23.9. The molecule has 0 spiro atoms. The van der Waals surface area contributed by atoms with E-state index < -0.39 is 6.04 Å². The fourth-order valence-electron chi connectivity index (χ4n) is 3.48. The van der Waals surface area contributed by atoms with Crippen LogP contribution in [0.25, 0.3) is 11.1 Å². The molecule has 0 fully saturated rings. The van der Waals surface area contributed by atoms with Crippen LogP contribution in [0.4, 0.5) is 0 Å². The van der Waals surface area contributed by atoms with E-state index in [4.69, 9.17) is 0 Å². The van der Waals surface area contributed by atoms with Gasteiger partial charge in [-0.15, -0.1) is 0 Å². The number of aryl methyl sites for hydroxylation is 1. The van der Waals surface area contributed by atoms with Crippen molar-refractivity contribution >= 4 is 11.7 Å². The maximum Gasteiger partial charge on any atom is 0.251 e. The molecule has 4 rings (SSSR count). The Morgan fingerprint density at radius 1 is 0.903 bits per heavy atom. The summed E-state index contributed by atoms with van der Waals surface area (Å²) in [6.45, 7) is 2.36. The van der Waals surface area contributed by atoms with Crippen molar-refractivity contribution in [3.05, 3.63) is 114 Å². The van der Waals surface area contributed by atoms with Crippen molar-refractivity contribution < 1.29 is 9.59 Å². The summed E-state index contributed by atoms with van der Waals surface area (Å²) in [5.41, 5.74) is 4.39. The van der Waals surface area contributed by atoms with E-state index in [1.807, 2.05) is 42.5 Å². The molecule has 1 N–H and O–H groups in total. The lowest BCUT2D eigenvalue weighted by molar-refractivity contribution is 0.0847. The van der Waals surface area contributed by atoms with Crippen LogP contribution < -0.4 is 5.32 Å². The summed E-state index contributed by atoms with van der Waals surface area (Å²) in [6.07, 6.45) is 5.05. The van der Waals surface area contributed by atoms with E-state index in [1.54, 1.807) is 47.6 Å². The number of aromatic nitrogens is 2. The largest absolute Gasteiger partial charge is 0.340 e. The Hall–Kier alpha value is -3.99. The number of nitrogens with zero attached hydrogens (tertiary/aromatic N) is 2. The van der Waals surface area contributed by atoms with Crippen LogP contribution in [-0.4, -0.2) is 27.3 Å². The van der Waals surface area contributed by atoms with Gasteiger partial charge in [0.05, 0.1) is 12.9 Å². The van der Waals surface area contributed by atoms with Crippen LogP contribution in [0.1, 0.15) is 26.3 Å². The van der Waals surface area contributed by atoms with Gasteiger partial charge in [-0.2, -0.15) is 0 Å². The number of imidazole rings is 1. The minimum Gasteiger partial charge on any atom is -0.340 e. The molecule has 0 aliphatic rings. The number of ketones is 1. The number of amides is 1. The first-order chi connectivity index (χ1) is 15.1. The molecule has 0 saturated heterocycles. The SMILES string of the molecule is Cc1cccc(-c2ccc(C(=O)NC(Cn3ccnc3)C(=O)c3ccccc3)cc2)c1. The maximum atomic E-state index is 13.1. The normalized spacial score (nSPS) is 11.6. The Morgan fingerprint density at radius 3 is 2.35 bits per heavy atom. The van der Waals surface area contributed by atoms with E-state index in [-0.39, 0.29) is 11.7 Å². The molecule has 1 heterocycles. The lowest BCUT2D eigenvalue weighted by atomic mass is 10.0. The maximum absolute atomic E-state index is 13.1. The average molecular weight is 409 g/mol. The van der Waals surface area contributed by atoms with Gasteiger partial charge in [-0.3, -0.25) is 9.59 Å². The number of nitrogens with one attached hydrogen (secondary N) is 1. The van der Waals surface area contributed by atoms with E-state index in [1.165, 1.54) is 5.56 Å². The van der Waals surface area contributed by atoms with Gasteiger partial charge in [0, 0.05) is 23.5 Å². The second-order valence-corrected chi connectivity index (χ2v) is 7.46. The zero-order valence-electron chi connectivity index (χ0n) is 17.2. The van der Waals surface area contributed by atoms with Crippen molar-refractivity contribution in [2.45, 2.75) is 19.5 Å². The van der Waals surface area contributed by atoms with E-state index in [9.17, 15) is 9.59 Å². The first-order valence-corrected chi connectivity index (χ1v) is 10.1. The van der Waals surface area contributed by atoms with E-state index in [0.717, 1.165) is 11.1 Å². The van der Waals surface area contributed by atoms with Crippen molar-refractivity contribution in [2.75, 3.05) is 0 Å². The number of carbonyl (C=O) groups is 2. The zero-order chi connectivity index (χ0) is 21.6. The van der Waals surface area contributed by atoms with Crippen LogP contribution >= 0.6 is 0 Å². The number of rotatable bonds is 7. The Labute approximate surface area is 181 Å².